The van der Waals surface area contributed by atoms with E-state index in [1.54, 1.807) is 12.2 Å². The van der Waals surface area contributed by atoms with Crippen LogP contribution in [-0.2, 0) is 23.7 Å². The zero-order chi connectivity index (χ0) is 23.6. The lowest BCUT2D eigenvalue weighted by molar-refractivity contribution is -0.134. The number of ether oxygens (including phenoxy) is 4. The number of esters is 1. The van der Waals surface area contributed by atoms with Crippen LogP contribution in [0.15, 0.2) is 100 Å². The normalized spacial score (nSPS) is 9.19. The van der Waals surface area contributed by atoms with Gasteiger partial charge in [-0.15, -0.1) is 13.2 Å². The van der Waals surface area contributed by atoms with Crippen LogP contribution in [0.4, 0.5) is 0 Å². The molecule has 168 valence electrons. The topological polar surface area (TPSA) is 54.0 Å². The van der Waals surface area contributed by atoms with Crippen LogP contribution in [0, 0.1) is 0 Å². The molecule has 1 rings (SSSR count). The van der Waals surface area contributed by atoms with Crippen molar-refractivity contribution >= 4 is 18.1 Å². The first-order valence-electron chi connectivity index (χ1n) is 9.55. The number of hydrogen-bond donors (Lipinski definition) is 0. The smallest absolute Gasteiger partial charge is 0.329 e. The second kappa shape index (κ2) is 24.3. The Morgan fingerprint density at radius 2 is 1.26 bits per heavy atom. The third kappa shape index (κ3) is 20.8. The van der Waals surface area contributed by atoms with Crippen molar-refractivity contribution in [1.82, 2.24) is 0 Å². The van der Waals surface area contributed by atoms with Crippen LogP contribution in [-0.4, -0.2) is 26.3 Å². The van der Waals surface area contributed by atoms with E-state index >= 15 is 0 Å². The van der Waals surface area contributed by atoms with E-state index in [2.05, 4.69) is 37.6 Å². The molecule has 0 heterocycles. The minimum absolute atomic E-state index is 0.394. The van der Waals surface area contributed by atoms with Crippen LogP contribution < -0.4 is 0 Å². The number of carbonyl (C=O) groups excluding carboxylic acids is 1. The van der Waals surface area contributed by atoms with Crippen LogP contribution in [0.5, 0.6) is 0 Å². The molecule has 31 heavy (non-hydrogen) atoms. The van der Waals surface area contributed by atoms with E-state index in [1.807, 2.05) is 36.4 Å². The predicted octanol–water partition coefficient (Wildman–Crippen LogP) is 6.45. The molecule has 0 amide bonds. The Morgan fingerprint density at radius 3 is 1.55 bits per heavy atom. The predicted molar refractivity (Wildman–Crippen MR) is 130 cm³/mol. The number of benzene rings is 1. The van der Waals surface area contributed by atoms with Gasteiger partial charge in [0, 0.05) is 6.08 Å². The quantitative estimate of drug-likeness (QED) is 0.119. The molecule has 5 heteroatoms. The summed E-state index contributed by atoms with van der Waals surface area (Å²) in [6.07, 6.45) is 15.9. The molecule has 0 N–H and O–H groups in total. The van der Waals surface area contributed by atoms with Crippen LogP contribution >= 0.6 is 0 Å². The van der Waals surface area contributed by atoms with Crippen molar-refractivity contribution in [3.8, 4) is 0 Å². The Hall–Kier alpha value is -3.73. The summed E-state index contributed by atoms with van der Waals surface area (Å²) < 4.78 is 19.2. The fraction of sp³-hybridized carbons (Fsp3) is 0.192. The first-order valence-corrected chi connectivity index (χ1v) is 9.55. The van der Waals surface area contributed by atoms with E-state index in [4.69, 9.17) is 14.2 Å². The van der Waals surface area contributed by atoms with Crippen molar-refractivity contribution in [2.24, 2.45) is 0 Å². The van der Waals surface area contributed by atoms with Gasteiger partial charge in [-0.1, -0.05) is 68.3 Å². The molecule has 0 saturated heterocycles. The van der Waals surface area contributed by atoms with Crippen LogP contribution in [0.25, 0.3) is 12.2 Å². The Bertz CT molecular complexity index is 653. The summed E-state index contributed by atoms with van der Waals surface area (Å²) in [6.45, 7) is 18.9. The Kier molecular flexibility index (Phi) is 23.1. The maximum atomic E-state index is 9.84. The first kappa shape index (κ1) is 29.5. The highest BCUT2D eigenvalue weighted by Gasteiger charge is 1.89. The molecule has 0 atom stereocenters. The van der Waals surface area contributed by atoms with Gasteiger partial charge in [0.15, 0.2) is 0 Å². The molecule has 0 radical (unpaired) electrons. The molecule has 1 aromatic carbocycles. The fourth-order valence-electron chi connectivity index (χ4n) is 1.59. The van der Waals surface area contributed by atoms with Gasteiger partial charge in [0.05, 0.1) is 20.3 Å². The molecular formula is C26H34O5. The van der Waals surface area contributed by atoms with Gasteiger partial charge < -0.3 is 18.9 Å². The van der Waals surface area contributed by atoms with Crippen molar-refractivity contribution < 1.29 is 23.7 Å². The van der Waals surface area contributed by atoms with Crippen molar-refractivity contribution in [1.29, 1.82) is 0 Å². The highest BCUT2D eigenvalue weighted by atomic mass is 16.5. The molecule has 5 nitrogen and oxygen atoms in total. The molecule has 0 saturated carbocycles. The lowest BCUT2D eigenvalue weighted by Crippen LogP contribution is -1.91. The third-order valence-electron chi connectivity index (χ3n) is 3.14. The summed E-state index contributed by atoms with van der Waals surface area (Å²) in [5, 5.41) is 0. The molecule has 0 aliphatic rings. The van der Waals surface area contributed by atoms with E-state index in [0.717, 1.165) is 30.0 Å². The number of hydrogen-bond acceptors (Lipinski definition) is 5. The Labute approximate surface area is 187 Å². The summed E-state index contributed by atoms with van der Waals surface area (Å²) in [5.74, 6) is -0.394. The lowest BCUT2D eigenvalue weighted by atomic mass is 10.1. The van der Waals surface area contributed by atoms with Crippen molar-refractivity contribution in [2.75, 3.05) is 20.3 Å². The summed E-state index contributed by atoms with van der Waals surface area (Å²) in [5.41, 5.74) is 2.27. The van der Waals surface area contributed by atoms with Crippen LogP contribution in [0.2, 0.25) is 0 Å². The molecule has 0 unspecified atom stereocenters. The molecule has 0 fully saturated rings. The lowest BCUT2D eigenvalue weighted by Gasteiger charge is -1.96. The highest BCUT2D eigenvalue weighted by Crippen LogP contribution is 2.10. The average molecular weight is 427 g/mol. The molecule has 0 spiro atoms. The molecule has 0 aromatic heterocycles. The van der Waals surface area contributed by atoms with Gasteiger partial charge in [0.2, 0.25) is 0 Å². The van der Waals surface area contributed by atoms with Gasteiger partial charge in [-0.05, 0) is 24.0 Å². The zero-order valence-electron chi connectivity index (χ0n) is 18.4. The summed E-state index contributed by atoms with van der Waals surface area (Å²) in [4.78, 5) is 9.84. The van der Waals surface area contributed by atoms with E-state index in [1.165, 1.54) is 32.2 Å². The molecule has 0 aliphatic carbocycles. The average Bonchev–Trinajstić information content (AvgIpc) is 2.82. The standard InChI is InChI=1S/C12H18O3.C10H10.C4H6O2/c1-3-5-7-13-9-11-15-12-10-14-8-6-4-2;1-3-9-7-5-6-8-10(9)4-2;1-3-4(5)6-2/h3-4,9-12H,1-2,5-8H2;3-8H,1-2H2;3H,1H2,2H3/b11-9+,12-10+;;. The van der Waals surface area contributed by atoms with Crippen LogP contribution in [0.1, 0.15) is 24.0 Å². The van der Waals surface area contributed by atoms with E-state index in [-0.39, 0.29) is 0 Å². The SMILES string of the molecule is C=CC(=O)OC.C=CCCO/C=C/O/C=C/OCCC=C.C=Cc1ccccc1C=C. The van der Waals surface area contributed by atoms with Crippen LogP contribution in [0.3, 0.4) is 0 Å². The van der Waals surface area contributed by atoms with Gasteiger partial charge in [0.1, 0.15) is 25.0 Å². The van der Waals surface area contributed by atoms with Gasteiger partial charge >= 0.3 is 5.97 Å². The molecular weight excluding hydrogens is 392 g/mol. The maximum Gasteiger partial charge on any atom is 0.329 e. The summed E-state index contributed by atoms with van der Waals surface area (Å²) in [7, 11) is 1.31. The number of methoxy groups -OCH3 is 1. The number of carbonyl (C=O) groups is 1. The Balaban J connectivity index is 0. The third-order valence-corrected chi connectivity index (χ3v) is 3.14. The largest absolute Gasteiger partial charge is 0.498 e. The molecule has 0 bridgehead atoms. The molecule has 1 aromatic rings. The van der Waals surface area contributed by atoms with E-state index in [9.17, 15) is 4.79 Å². The second-order valence-electron chi connectivity index (χ2n) is 5.34. The summed E-state index contributed by atoms with van der Waals surface area (Å²) >= 11 is 0. The minimum atomic E-state index is -0.394. The minimum Gasteiger partial charge on any atom is -0.498 e. The monoisotopic (exact) mass is 426 g/mol. The van der Waals surface area contributed by atoms with Crippen molar-refractivity contribution in [3.05, 3.63) is 112 Å². The van der Waals surface area contributed by atoms with Gasteiger partial charge in [0.25, 0.3) is 0 Å². The Morgan fingerprint density at radius 1 is 0.806 bits per heavy atom. The zero-order valence-corrected chi connectivity index (χ0v) is 18.4. The van der Waals surface area contributed by atoms with E-state index < -0.39 is 5.97 Å². The fourth-order valence-corrected chi connectivity index (χ4v) is 1.59. The van der Waals surface area contributed by atoms with Gasteiger partial charge in [-0.25, -0.2) is 4.79 Å². The van der Waals surface area contributed by atoms with Gasteiger partial charge in [-0.3, -0.25) is 0 Å². The maximum absolute atomic E-state index is 9.84. The first-order chi connectivity index (χ1) is 15.1. The second-order valence-corrected chi connectivity index (χ2v) is 5.34. The molecule has 0 aliphatic heterocycles. The van der Waals surface area contributed by atoms with E-state index in [0.29, 0.717) is 13.2 Å². The van der Waals surface area contributed by atoms with Crippen molar-refractivity contribution in [3.63, 3.8) is 0 Å². The number of rotatable bonds is 13. The summed E-state index contributed by atoms with van der Waals surface area (Å²) in [6, 6.07) is 8.02. The van der Waals surface area contributed by atoms with Crippen molar-refractivity contribution in [2.45, 2.75) is 12.8 Å². The van der Waals surface area contributed by atoms with Gasteiger partial charge in [-0.2, -0.15) is 0 Å². The highest BCUT2D eigenvalue weighted by molar-refractivity contribution is 5.80.